The lowest BCUT2D eigenvalue weighted by Gasteiger charge is -2.12. The summed E-state index contributed by atoms with van der Waals surface area (Å²) < 4.78 is 42.3. The van der Waals surface area contributed by atoms with Gasteiger partial charge in [-0.1, -0.05) is 30.3 Å². The lowest BCUT2D eigenvalue weighted by molar-refractivity contribution is -0.119. The van der Waals surface area contributed by atoms with Crippen molar-refractivity contribution in [3.8, 4) is 11.5 Å². The molecule has 3 rings (SSSR count). The number of carbonyl (C=O) groups excluding carboxylic acids is 2. The van der Waals surface area contributed by atoms with E-state index in [2.05, 4.69) is 5.32 Å². The highest BCUT2D eigenvalue weighted by Gasteiger charge is 2.15. The Kier molecular flexibility index (Phi) is 7.16. The minimum atomic E-state index is -0.839. The second-order valence-electron chi connectivity index (χ2n) is 6.42. The maximum Gasteiger partial charge on any atom is 0.338 e. The van der Waals surface area contributed by atoms with Crippen molar-refractivity contribution < 1.29 is 32.6 Å². The van der Waals surface area contributed by atoms with Gasteiger partial charge in [0.25, 0.3) is 5.91 Å². The topological polar surface area (TPSA) is 73.9 Å². The van der Waals surface area contributed by atoms with E-state index in [0.717, 1.165) is 17.7 Å². The van der Waals surface area contributed by atoms with Crippen LogP contribution in [0.3, 0.4) is 0 Å². The first-order valence-electron chi connectivity index (χ1n) is 9.22. The Labute approximate surface area is 177 Å². The van der Waals surface area contributed by atoms with Crippen LogP contribution in [-0.2, 0) is 16.1 Å². The molecule has 8 heteroatoms. The van der Waals surface area contributed by atoms with Gasteiger partial charge < -0.3 is 19.5 Å². The summed E-state index contributed by atoms with van der Waals surface area (Å²) in [5.74, 6) is -2.43. The number of benzene rings is 3. The molecule has 160 valence electrons. The molecule has 0 aliphatic heterocycles. The molecule has 0 spiro atoms. The minimum Gasteiger partial charge on any atom is -0.493 e. The molecule has 0 aliphatic rings. The summed E-state index contributed by atoms with van der Waals surface area (Å²) in [6, 6.07) is 16.6. The van der Waals surface area contributed by atoms with Gasteiger partial charge in [0.15, 0.2) is 18.1 Å². The van der Waals surface area contributed by atoms with Gasteiger partial charge in [0, 0.05) is 11.8 Å². The molecule has 31 heavy (non-hydrogen) atoms. The molecule has 0 saturated carbocycles. The van der Waals surface area contributed by atoms with Crippen LogP contribution in [-0.4, -0.2) is 25.6 Å². The SMILES string of the molecule is COc1cc(C(=O)OCC(=O)Nc2cc(F)cc(F)c2)ccc1OCc1ccccc1. The molecule has 1 amide bonds. The van der Waals surface area contributed by atoms with Crippen molar-refractivity contribution in [2.45, 2.75) is 6.61 Å². The molecule has 0 saturated heterocycles. The second kappa shape index (κ2) is 10.2. The van der Waals surface area contributed by atoms with Crippen LogP contribution in [0, 0.1) is 11.6 Å². The number of ether oxygens (including phenoxy) is 3. The number of amides is 1. The zero-order chi connectivity index (χ0) is 22.2. The summed E-state index contributed by atoms with van der Waals surface area (Å²) in [5.41, 5.74) is 1.03. The highest BCUT2D eigenvalue weighted by Crippen LogP contribution is 2.29. The normalized spacial score (nSPS) is 10.3. The number of rotatable bonds is 8. The van der Waals surface area contributed by atoms with Gasteiger partial charge in [0.05, 0.1) is 12.7 Å². The quantitative estimate of drug-likeness (QED) is 0.541. The van der Waals surface area contributed by atoms with Crippen LogP contribution in [0.1, 0.15) is 15.9 Å². The van der Waals surface area contributed by atoms with Gasteiger partial charge in [0.1, 0.15) is 18.2 Å². The van der Waals surface area contributed by atoms with Crippen molar-refractivity contribution in [1.29, 1.82) is 0 Å². The van der Waals surface area contributed by atoms with Gasteiger partial charge in [0.2, 0.25) is 0 Å². The molecule has 3 aromatic carbocycles. The van der Waals surface area contributed by atoms with Crippen molar-refractivity contribution in [2.75, 3.05) is 19.0 Å². The van der Waals surface area contributed by atoms with Crippen molar-refractivity contribution in [2.24, 2.45) is 0 Å². The van der Waals surface area contributed by atoms with Gasteiger partial charge in [-0.05, 0) is 35.9 Å². The summed E-state index contributed by atoms with van der Waals surface area (Å²) in [5, 5.41) is 2.25. The Bertz CT molecular complexity index is 1050. The van der Waals surface area contributed by atoms with E-state index in [1.165, 1.54) is 19.2 Å². The van der Waals surface area contributed by atoms with Crippen LogP contribution in [0.25, 0.3) is 0 Å². The number of hydrogen-bond donors (Lipinski definition) is 1. The molecule has 0 aromatic heterocycles. The predicted octanol–water partition coefficient (Wildman–Crippen LogP) is 4.35. The zero-order valence-corrected chi connectivity index (χ0v) is 16.6. The maximum atomic E-state index is 13.2. The summed E-state index contributed by atoms with van der Waals surface area (Å²) in [4.78, 5) is 24.1. The number of nitrogens with one attached hydrogen (secondary N) is 1. The number of halogens is 2. The molecular formula is C23H19F2NO5. The summed E-state index contributed by atoms with van der Waals surface area (Å²) in [7, 11) is 1.44. The van der Waals surface area contributed by atoms with Crippen molar-refractivity contribution >= 4 is 17.6 Å². The Morgan fingerprint density at radius 2 is 1.61 bits per heavy atom. The van der Waals surface area contributed by atoms with Crippen LogP contribution >= 0.6 is 0 Å². The van der Waals surface area contributed by atoms with E-state index in [1.54, 1.807) is 6.07 Å². The fraction of sp³-hybridized carbons (Fsp3) is 0.130. The third-order valence-electron chi connectivity index (χ3n) is 4.12. The molecule has 0 aliphatic carbocycles. The van der Waals surface area contributed by atoms with E-state index in [1.807, 2.05) is 30.3 Å². The number of hydrogen-bond acceptors (Lipinski definition) is 5. The van der Waals surface area contributed by atoms with Gasteiger partial charge in [-0.3, -0.25) is 4.79 Å². The lowest BCUT2D eigenvalue weighted by Crippen LogP contribution is -2.21. The fourth-order valence-electron chi connectivity index (χ4n) is 2.69. The van der Waals surface area contributed by atoms with E-state index in [-0.39, 0.29) is 11.3 Å². The van der Waals surface area contributed by atoms with Crippen LogP contribution in [0.5, 0.6) is 11.5 Å². The fourth-order valence-corrected chi connectivity index (χ4v) is 2.69. The number of methoxy groups -OCH3 is 1. The van der Waals surface area contributed by atoms with Crippen LogP contribution in [0.15, 0.2) is 66.7 Å². The van der Waals surface area contributed by atoms with Gasteiger partial charge in [-0.2, -0.15) is 0 Å². The molecule has 1 N–H and O–H groups in total. The number of esters is 1. The molecule has 0 fully saturated rings. The highest BCUT2D eigenvalue weighted by atomic mass is 19.1. The first kappa shape index (κ1) is 21.8. The van der Waals surface area contributed by atoms with E-state index in [4.69, 9.17) is 14.2 Å². The average Bonchev–Trinajstić information content (AvgIpc) is 2.76. The molecule has 0 atom stereocenters. The first-order valence-corrected chi connectivity index (χ1v) is 9.22. The van der Waals surface area contributed by atoms with Gasteiger partial charge >= 0.3 is 5.97 Å². The third kappa shape index (κ3) is 6.27. The minimum absolute atomic E-state index is 0.0832. The van der Waals surface area contributed by atoms with Crippen molar-refractivity contribution in [3.63, 3.8) is 0 Å². The molecule has 6 nitrogen and oxygen atoms in total. The Morgan fingerprint density at radius 3 is 2.29 bits per heavy atom. The van der Waals surface area contributed by atoms with Gasteiger partial charge in [-0.15, -0.1) is 0 Å². The Morgan fingerprint density at radius 1 is 0.903 bits per heavy atom. The summed E-state index contributed by atoms with van der Waals surface area (Å²) in [6.45, 7) is -0.312. The molecule has 0 bridgehead atoms. The zero-order valence-electron chi connectivity index (χ0n) is 16.6. The standard InChI is InChI=1S/C23H19F2NO5/c1-29-21-9-16(7-8-20(21)30-13-15-5-3-2-4-6-15)23(28)31-14-22(27)26-19-11-17(24)10-18(25)12-19/h2-12H,13-14H2,1H3,(H,26,27). The monoisotopic (exact) mass is 427 g/mol. The largest absolute Gasteiger partial charge is 0.493 e. The Hall–Kier alpha value is -3.94. The molecule has 3 aromatic rings. The number of anilines is 1. The van der Waals surface area contributed by atoms with Crippen LogP contribution in [0.2, 0.25) is 0 Å². The van der Waals surface area contributed by atoms with E-state index >= 15 is 0 Å². The molecular weight excluding hydrogens is 408 g/mol. The highest BCUT2D eigenvalue weighted by molar-refractivity contribution is 5.95. The third-order valence-corrected chi connectivity index (χ3v) is 4.12. The molecule has 0 unspecified atom stereocenters. The molecule has 0 heterocycles. The maximum absolute atomic E-state index is 13.2. The van der Waals surface area contributed by atoms with E-state index in [0.29, 0.717) is 24.2 Å². The lowest BCUT2D eigenvalue weighted by atomic mass is 10.2. The summed E-state index contributed by atoms with van der Waals surface area (Å²) >= 11 is 0. The van der Waals surface area contributed by atoms with Gasteiger partial charge in [-0.25, -0.2) is 13.6 Å². The molecule has 0 radical (unpaired) electrons. The average molecular weight is 427 g/mol. The van der Waals surface area contributed by atoms with E-state index < -0.39 is 30.1 Å². The van der Waals surface area contributed by atoms with Crippen molar-refractivity contribution in [1.82, 2.24) is 0 Å². The first-order chi connectivity index (χ1) is 14.9. The van der Waals surface area contributed by atoms with E-state index in [9.17, 15) is 18.4 Å². The Balaban J connectivity index is 1.57. The second-order valence-corrected chi connectivity index (χ2v) is 6.42. The smallest absolute Gasteiger partial charge is 0.338 e. The van der Waals surface area contributed by atoms with Crippen LogP contribution < -0.4 is 14.8 Å². The number of carbonyl (C=O) groups is 2. The summed E-state index contributed by atoms with van der Waals surface area (Å²) in [6.07, 6.45) is 0. The van der Waals surface area contributed by atoms with Crippen LogP contribution in [0.4, 0.5) is 14.5 Å². The predicted molar refractivity (Wildman–Crippen MR) is 109 cm³/mol. The van der Waals surface area contributed by atoms with Crippen molar-refractivity contribution in [3.05, 3.63) is 89.5 Å².